The number of hydrogen-bond acceptors (Lipinski definition) is 8. The highest BCUT2D eigenvalue weighted by Crippen LogP contribution is 1.99. The molecule has 10 nitrogen and oxygen atoms in total. The summed E-state index contributed by atoms with van der Waals surface area (Å²) in [7, 11) is 0. The van der Waals surface area contributed by atoms with E-state index in [-0.39, 0.29) is 19.7 Å². The number of rotatable bonds is 7. The first-order valence-electron chi connectivity index (χ1n) is 7.59. The SMILES string of the molecule is O=C(O)CN1CCNCCN(CCOO)CN(CC(=O)O)CC1. The van der Waals surface area contributed by atoms with Gasteiger partial charge in [-0.05, 0) is 0 Å². The molecule has 0 unspecified atom stereocenters. The summed E-state index contributed by atoms with van der Waals surface area (Å²) in [6.45, 7) is 4.41. The van der Waals surface area contributed by atoms with Gasteiger partial charge in [-0.1, -0.05) is 0 Å². The van der Waals surface area contributed by atoms with E-state index < -0.39 is 11.9 Å². The second-order valence-electron chi connectivity index (χ2n) is 5.46. The van der Waals surface area contributed by atoms with Crippen LogP contribution >= 0.6 is 0 Å². The van der Waals surface area contributed by atoms with Crippen LogP contribution in [0.15, 0.2) is 0 Å². The maximum Gasteiger partial charge on any atom is 0.317 e. The standard InChI is InChI=1S/C13H26N4O6/c18-12(19)9-15-3-1-14-2-4-16(7-8-23-22)11-17(6-5-15)10-13(20)21/h14,22H,1-11H2,(H,18,19)(H,20,21). The quantitative estimate of drug-likeness (QED) is 0.310. The zero-order valence-corrected chi connectivity index (χ0v) is 13.2. The van der Waals surface area contributed by atoms with E-state index in [1.165, 1.54) is 0 Å². The smallest absolute Gasteiger partial charge is 0.317 e. The second-order valence-corrected chi connectivity index (χ2v) is 5.46. The number of carbonyl (C=O) groups is 2. The predicted octanol–water partition coefficient (Wildman–Crippen LogP) is -1.89. The lowest BCUT2D eigenvalue weighted by atomic mass is 10.4. The highest BCUT2D eigenvalue weighted by Gasteiger charge is 2.18. The summed E-state index contributed by atoms with van der Waals surface area (Å²) in [4.78, 5) is 31.6. The van der Waals surface area contributed by atoms with Gasteiger partial charge in [-0.3, -0.25) is 29.5 Å². The molecule has 1 fully saturated rings. The molecule has 23 heavy (non-hydrogen) atoms. The first-order valence-corrected chi connectivity index (χ1v) is 7.59. The van der Waals surface area contributed by atoms with E-state index in [4.69, 9.17) is 15.5 Å². The summed E-state index contributed by atoms with van der Waals surface area (Å²) in [6.07, 6.45) is 0. The van der Waals surface area contributed by atoms with Crippen LogP contribution < -0.4 is 5.32 Å². The van der Waals surface area contributed by atoms with Gasteiger partial charge < -0.3 is 15.5 Å². The molecule has 1 aliphatic heterocycles. The van der Waals surface area contributed by atoms with Crippen LogP contribution in [0.2, 0.25) is 0 Å². The Bertz CT molecular complexity index is 370. The maximum absolute atomic E-state index is 11.0. The van der Waals surface area contributed by atoms with Gasteiger partial charge in [0.25, 0.3) is 0 Å². The molecule has 0 radical (unpaired) electrons. The summed E-state index contributed by atoms with van der Waals surface area (Å²) in [5.74, 6) is -1.83. The van der Waals surface area contributed by atoms with Crippen LogP contribution in [-0.2, 0) is 14.5 Å². The summed E-state index contributed by atoms with van der Waals surface area (Å²) < 4.78 is 0. The highest BCUT2D eigenvalue weighted by molar-refractivity contribution is 5.69. The van der Waals surface area contributed by atoms with Crippen LogP contribution in [0, 0.1) is 0 Å². The van der Waals surface area contributed by atoms with Crippen LogP contribution in [0.25, 0.3) is 0 Å². The van der Waals surface area contributed by atoms with Crippen LogP contribution in [0.5, 0.6) is 0 Å². The minimum absolute atomic E-state index is 0.0648. The maximum atomic E-state index is 11.0. The number of nitrogens with one attached hydrogen (secondary N) is 1. The largest absolute Gasteiger partial charge is 0.480 e. The van der Waals surface area contributed by atoms with Gasteiger partial charge in [-0.2, -0.15) is 0 Å². The molecule has 1 saturated heterocycles. The number of nitrogens with zero attached hydrogens (tertiary/aromatic N) is 3. The molecular formula is C13H26N4O6. The Kier molecular flexibility index (Phi) is 9.67. The van der Waals surface area contributed by atoms with Crippen molar-refractivity contribution in [2.45, 2.75) is 0 Å². The molecule has 0 aliphatic carbocycles. The van der Waals surface area contributed by atoms with Crippen LogP contribution in [0.1, 0.15) is 0 Å². The van der Waals surface area contributed by atoms with Gasteiger partial charge in [0.15, 0.2) is 0 Å². The Balaban J connectivity index is 2.67. The molecule has 10 heteroatoms. The van der Waals surface area contributed by atoms with Crippen molar-refractivity contribution in [2.75, 3.05) is 72.2 Å². The van der Waals surface area contributed by atoms with E-state index in [2.05, 4.69) is 10.2 Å². The third kappa shape index (κ3) is 9.43. The third-order valence-corrected chi connectivity index (χ3v) is 3.56. The molecule has 0 amide bonds. The van der Waals surface area contributed by atoms with Crippen LogP contribution in [0.4, 0.5) is 0 Å². The van der Waals surface area contributed by atoms with Crippen molar-refractivity contribution in [3.8, 4) is 0 Å². The van der Waals surface area contributed by atoms with E-state index in [1.54, 1.807) is 9.80 Å². The molecular weight excluding hydrogens is 308 g/mol. The van der Waals surface area contributed by atoms with Crippen molar-refractivity contribution in [3.05, 3.63) is 0 Å². The summed E-state index contributed by atoms with van der Waals surface area (Å²) >= 11 is 0. The van der Waals surface area contributed by atoms with Crippen molar-refractivity contribution >= 4 is 11.9 Å². The first-order chi connectivity index (χ1) is 11.0. The van der Waals surface area contributed by atoms with Gasteiger partial charge in [0.1, 0.15) is 0 Å². The Labute approximate surface area is 135 Å². The number of hydrogen-bond donors (Lipinski definition) is 4. The molecule has 1 rings (SSSR count). The molecule has 1 aliphatic rings. The lowest BCUT2D eigenvalue weighted by Crippen LogP contribution is -2.46. The lowest BCUT2D eigenvalue weighted by molar-refractivity contribution is -0.244. The molecule has 0 aromatic heterocycles. The van der Waals surface area contributed by atoms with E-state index in [0.29, 0.717) is 52.5 Å². The summed E-state index contributed by atoms with van der Waals surface area (Å²) in [5, 5.41) is 29.7. The van der Waals surface area contributed by atoms with Gasteiger partial charge in [0.2, 0.25) is 0 Å². The number of carboxylic acids is 2. The van der Waals surface area contributed by atoms with Crippen LogP contribution in [-0.4, -0.2) is 114 Å². The average molecular weight is 334 g/mol. The molecule has 1 heterocycles. The topological polar surface area (TPSA) is 126 Å². The van der Waals surface area contributed by atoms with Gasteiger partial charge in [0, 0.05) is 45.8 Å². The molecule has 0 aromatic carbocycles. The minimum Gasteiger partial charge on any atom is -0.480 e. The fourth-order valence-corrected chi connectivity index (χ4v) is 2.44. The number of aliphatic carboxylic acids is 2. The highest BCUT2D eigenvalue weighted by atomic mass is 17.1. The van der Waals surface area contributed by atoms with Crippen molar-refractivity contribution in [3.63, 3.8) is 0 Å². The Hall–Kier alpha value is -1.30. The minimum atomic E-state index is -0.930. The Morgan fingerprint density at radius 2 is 1.48 bits per heavy atom. The Morgan fingerprint density at radius 3 is 2.09 bits per heavy atom. The summed E-state index contributed by atoms with van der Waals surface area (Å²) in [6, 6.07) is 0. The van der Waals surface area contributed by atoms with Crippen LogP contribution in [0.3, 0.4) is 0 Å². The van der Waals surface area contributed by atoms with Gasteiger partial charge in [0.05, 0.1) is 26.4 Å². The molecule has 0 spiro atoms. The van der Waals surface area contributed by atoms with Gasteiger partial charge in [-0.25, -0.2) is 4.89 Å². The molecule has 4 N–H and O–H groups in total. The molecule has 0 saturated carbocycles. The molecule has 0 aromatic rings. The predicted molar refractivity (Wildman–Crippen MR) is 81.2 cm³/mol. The van der Waals surface area contributed by atoms with E-state index in [9.17, 15) is 9.59 Å². The molecule has 0 atom stereocenters. The zero-order valence-electron chi connectivity index (χ0n) is 13.2. The third-order valence-electron chi connectivity index (χ3n) is 3.56. The number of carboxylic acid groups (broad SMARTS) is 2. The fourth-order valence-electron chi connectivity index (χ4n) is 2.44. The monoisotopic (exact) mass is 334 g/mol. The van der Waals surface area contributed by atoms with E-state index in [0.717, 1.165) is 0 Å². The molecule has 0 bridgehead atoms. The first kappa shape index (κ1) is 19.7. The normalized spacial score (nSPS) is 20.0. The van der Waals surface area contributed by atoms with E-state index in [1.807, 2.05) is 4.90 Å². The lowest BCUT2D eigenvalue weighted by Gasteiger charge is -2.30. The molecule has 134 valence electrons. The van der Waals surface area contributed by atoms with Crippen molar-refractivity contribution < 1.29 is 29.9 Å². The fraction of sp³-hybridized carbons (Fsp3) is 0.846. The van der Waals surface area contributed by atoms with Gasteiger partial charge >= 0.3 is 11.9 Å². The second kappa shape index (κ2) is 11.3. The zero-order chi connectivity index (χ0) is 17.1. The van der Waals surface area contributed by atoms with E-state index >= 15 is 0 Å². The summed E-state index contributed by atoms with van der Waals surface area (Å²) in [5.41, 5.74) is 0. The van der Waals surface area contributed by atoms with Crippen molar-refractivity contribution in [2.24, 2.45) is 0 Å². The van der Waals surface area contributed by atoms with Gasteiger partial charge in [-0.15, -0.1) is 0 Å². The van der Waals surface area contributed by atoms with Crippen molar-refractivity contribution in [1.29, 1.82) is 0 Å². The van der Waals surface area contributed by atoms with Crippen molar-refractivity contribution in [1.82, 2.24) is 20.0 Å². The average Bonchev–Trinajstić information content (AvgIpc) is 2.50. The Morgan fingerprint density at radius 1 is 0.913 bits per heavy atom.